The van der Waals surface area contributed by atoms with Crippen molar-refractivity contribution in [3.8, 4) is 0 Å². The maximum Gasteiger partial charge on any atom is 0.240 e. The minimum absolute atomic E-state index is 0.0716. The predicted molar refractivity (Wildman–Crippen MR) is 71.3 cm³/mol. The lowest BCUT2D eigenvalue weighted by atomic mass is 10.1. The first-order valence-corrected chi connectivity index (χ1v) is 7.82. The van der Waals surface area contributed by atoms with Gasteiger partial charge in [-0.15, -0.1) is 0 Å². The van der Waals surface area contributed by atoms with Crippen molar-refractivity contribution in [2.24, 2.45) is 0 Å². The van der Waals surface area contributed by atoms with Crippen LogP contribution in [0.25, 0.3) is 0 Å². The smallest absolute Gasteiger partial charge is 0.240 e. The number of aryl methyl sites for hydroxylation is 1. The molecular formula is C13H19NO4S. The molecule has 1 aromatic rings. The van der Waals surface area contributed by atoms with Crippen molar-refractivity contribution in [1.29, 1.82) is 0 Å². The summed E-state index contributed by atoms with van der Waals surface area (Å²) in [4.78, 5) is 0.202. The van der Waals surface area contributed by atoms with Gasteiger partial charge in [-0.2, -0.15) is 0 Å². The Labute approximate surface area is 113 Å². The number of hydrogen-bond acceptors (Lipinski definition) is 4. The van der Waals surface area contributed by atoms with Gasteiger partial charge in [-0.05, 0) is 43.0 Å². The third-order valence-corrected chi connectivity index (χ3v) is 4.86. The van der Waals surface area contributed by atoms with Gasteiger partial charge in [0.25, 0.3) is 0 Å². The second-order valence-corrected chi connectivity index (χ2v) is 6.47. The SMILES string of the molecule is Cc1ccc(S(=O)(=O)NC2CCOCC2)cc1CO. The highest BCUT2D eigenvalue weighted by molar-refractivity contribution is 7.89. The first-order chi connectivity index (χ1) is 9.03. The van der Waals surface area contributed by atoms with Crippen LogP contribution in [-0.2, 0) is 21.4 Å². The summed E-state index contributed by atoms with van der Waals surface area (Å²) < 4.78 is 32.4. The number of aliphatic hydroxyl groups is 1. The number of aliphatic hydroxyl groups excluding tert-OH is 1. The number of ether oxygens (including phenoxy) is 1. The van der Waals surface area contributed by atoms with Crippen molar-refractivity contribution in [3.63, 3.8) is 0 Å². The van der Waals surface area contributed by atoms with Crippen molar-refractivity contribution in [3.05, 3.63) is 29.3 Å². The quantitative estimate of drug-likeness (QED) is 0.863. The molecule has 1 fully saturated rings. The van der Waals surface area contributed by atoms with Gasteiger partial charge in [0.1, 0.15) is 0 Å². The van der Waals surface area contributed by atoms with Crippen LogP contribution in [0.4, 0.5) is 0 Å². The highest BCUT2D eigenvalue weighted by atomic mass is 32.2. The second-order valence-electron chi connectivity index (χ2n) is 4.75. The Morgan fingerprint density at radius 3 is 2.68 bits per heavy atom. The fraction of sp³-hybridized carbons (Fsp3) is 0.538. The summed E-state index contributed by atoms with van der Waals surface area (Å²) in [6, 6.07) is 4.73. The van der Waals surface area contributed by atoms with Gasteiger partial charge in [0.15, 0.2) is 0 Å². The maximum atomic E-state index is 12.2. The third kappa shape index (κ3) is 3.54. The highest BCUT2D eigenvalue weighted by Crippen LogP contribution is 2.17. The number of hydrogen-bond donors (Lipinski definition) is 2. The Bertz CT molecular complexity index is 536. The zero-order valence-corrected chi connectivity index (χ0v) is 11.7. The molecule has 0 radical (unpaired) electrons. The summed E-state index contributed by atoms with van der Waals surface area (Å²) >= 11 is 0. The fourth-order valence-corrected chi connectivity index (χ4v) is 3.44. The Morgan fingerprint density at radius 1 is 1.37 bits per heavy atom. The van der Waals surface area contributed by atoms with Crippen LogP contribution in [0, 0.1) is 6.92 Å². The standard InChI is InChI=1S/C13H19NO4S/c1-10-2-3-13(8-11(10)9-15)19(16,17)14-12-4-6-18-7-5-12/h2-3,8,12,14-15H,4-7,9H2,1H3. The summed E-state index contributed by atoms with van der Waals surface area (Å²) in [5.74, 6) is 0. The minimum Gasteiger partial charge on any atom is -0.392 e. The summed E-state index contributed by atoms with van der Waals surface area (Å²) in [7, 11) is -3.53. The largest absolute Gasteiger partial charge is 0.392 e. The van der Waals surface area contributed by atoms with Crippen LogP contribution in [-0.4, -0.2) is 32.8 Å². The normalized spacial score (nSPS) is 17.6. The molecule has 2 N–H and O–H groups in total. The molecule has 6 heteroatoms. The molecule has 106 valence electrons. The number of benzene rings is 1. The molecular weight excluding hydrogens is 266 g/mol. The van der Waals surface area contributed by atoms with Crippen LogP contribution >= 0.6 is 0 Å². The Kier molecular flexibility index (Phi) is 4.57. The van der Waals surface area contributed by atoms with Gasteiger partial charge in [0, 0.05) is 19.3 Å². The molecule has 1 saturated heterocycles. The first kappa shape index (κ1) is 14.5. The van der Waals surface area contributed by atoms with E-state index in [1.54, 1.807) is 12.1 Å². The van der Waals surface area contributed by atoms with Crippen LogP contribution < -0.4 is 4.72 Å². The van der Waals surface area contributed by atoms with E-state index in [1.807, 2.05) is 6.92 Å². The second kappa shape index (κ2) is 6.00. The topological polar surface area (TPSA) is 75.6 Å². The van der Waals surface area contributed by atoms with Gasteiger partial charge >= 0.3 is 0 Å². The van der Waals surface area contributed by atoms with Crippen molar-refractivity contribution in [2.45, 2.75) is 37.3 Å². The van der Waals surface area contributed by atoms with E-state index in [9.17, 15) is 13.5 Å². The zero-order valence-electron chi connectivity index (χ0n) is 10.9. The summed E-state index contributed by atoms with van der Waals surface area (Å²) in [5.41, 5.74) is 1.52. The lowest BCUT2D eigenvalue weighted by molar-refractivity contribution is 0.0832. The van der Waals surface area contributed by atoms with E-state index in [2.05, 4.69) is 4.72 Å². The van der Waals surface area contributed by atoms with Crippen molar-refractivity contribution >= 4 is 10.0 Å². The summed E-state index contributed by atoms with van der Waals surface area (Å²) in [5, 5.41) is 9.20. The molecule has 0 aromatic heterocycles. The fourth-order valence-electron chi connectivity index (χ4n) is 2.09. The number of rotatable bonds is 4. The first-order valence-electron chi connectivity index (χ1n) is 6.33. The van der Waals surface area contributed by atoms with Gasteiger partial charge in [0.2, 0.25) is 10.0 Å². The summed E-state index contributed by atoms with van der Waals surface area (Å²) in [6.45, 7) is 2.85. The molecule has 0 atom stereocenters. The minimum atomic E-state index is -3.53. The van der Waals surface area contributed by atoms with Crippen molar-refractivity contribution in [1.82, 2.24) is 4.72 Å². The van der Waals surface area contributed by atoms with E-state index >= 15 is 0 Å². The molecule has 0 bridgehead atoms. The Morgan fingerprint density at radius 2 is 2.05 bits per heavy atom. The molecule has 0 amide bonds. The van der Waals surface area contributed by atoms with E-state index in [-0.39, 0.29) is 17.5 Å². The van der Waals surface area contributed by atoms with E-state index in [0.717, 1.165) is 5.56 Å². The van der Waals surface area contributed by atoms with Crippen molar-refractivity contribution < 1.29 is 18.3 Å². The lowest BCUT2D eigenvalue weighted by Gasteiger charge is -2.23. The van der Waals surface area contributed by atoms with E-state index < -0.39 is 10.0 Å². The van der Waals surface area contributed by atoms with Crippen LogP contribution in [0.5, 0.6) is 0 Å². The van der Waals surface area contributed by atoms with E-state index in [4.69, 9.17) is 4.74 Å². The molecule has 1 aliphatic heterocycles. The van der Waals surface area contributed by atoms with Gasteiger partial charge in [-0.3, -0.25) is 0 Å². The molecule has 0 spiro atoms. The van der Waals surface area contributed by atoms with Crippen LogP contribution in [0.15, 0.2) is 23.1 Å². The Balaban J connectivity index is 2.18. The van der Waals surface area contributed by atoms with Crippen LogP contribution in [0.3, 0.4) is 0 Å². The number of sulfonamides is 1. The highest BCUT2D eigenvalue weighted by Gasteiger charge is 2.22. The third-order valence-electron chi connectivity index (χ3n) is 3.34. The summed E-state index contributed by atoms with van der Waals surface area (Å²) in [6.07, 6.45) is 1.38. The van der Waals surface area contributed by atoms with Gasteiger partial charge < -0.3 is 9.84 Å². The van der Waals surface area contributed by atoms with E-state index in [1.165, 1.54) is 6.07 Å². The zero-order chi connectivity index (χ0) is 13.9. The molecule has 19 heavy (non-hydrogen) atoms. The Hall–Kier alpha value is -0.950. The molecule has 1 aliphatic rings. The van der Waals surface area contributed by atoms with Crippen molar-refractivity contribution in [2.75, 3.05) is 13.2 Å². The van der Waals surface area contributed by atoms with Gasteiger partial charge in [-0.25, -0.2) is 13.1 Å². The predicted octanol–water partition coefficient (Wildman–Crippen LogP) is 0.945. The van der Waals surface area contributed by atoms with Crippen LogP contribution in [0.1, 0.15) is 24.0 Å². The average molecular weight is 285 g/mol. The molecule has 0 saturated carbocycles. The van der Waals surface area contributed by atoms with Crippen LogP contribution in [0.2, 0.25) is 0 Å². The molecule has 5 nitrogen and oxygen atoms in total. The molecule has 2 rings (SSSR count). The molecule has 0 unspecified atom stereocenters. The molecule has 1 heterocycles. The maximum absolute atomic E-state index is 12.2. The van der Waals surface area contributed by atoms with Gasteiger partial charge in [-0.1, -0.05) is 6.07 Å². The monoisotopic (exact) mass is 285 g/mol. The van der Waals surface area contributed by atoms with Gasteiger partial charge in [0.05, 0.1) is 11.5 Å². The number of nitrogens with one attached hydrogen (secondary N) is 1. The molecule has 1 aromatic carbocycles. The average Bonchev–Trinajstić information content (AvgIpc) is 2.39. The molecule has 0 aliphatic carbocycles. The van der Waals surface area contributed by atoms with E-state index in [0.29, 0.717) is 31.6 Å². The lowest BCUT2D eigenvalue weighted by Crippen LogP contribution is -2.38.